The third-order valence-corrected chi connectivity index (χ3v) is 6.20. The summed E-state index contributed by atoms with van der Waals surface area (Å²) in [5.74, 6) is -0.119. The zero-order chi connectivity index (χ0) is 19.3. The van der Waals surface area contributed by atoms with E-state index in [2.05, 4.69) is 11.6 Å². The van der Waals surface area contributed by atoms with E-state index >= 15 is 0 Å². The zero-order valence-electron chi connectivity index (χ0n) is 15.6. The predicted octanol–water partition coefficient (Wildman–Crippen LogP) is 4.07. The highest BCUT2D eigenvalue weighted by Gasteiger charge is 2.23. The molecule has 0 aromatic heterocycles. The number of anilines is 1. The third kappa shape index (κ3) is 4.69. The summed E-state index contributed by atoms with van der Waals surface area (Å²) in [7, 11) is -3.75. The molecule has 3 rings (SSSR count). The number of sulfonamides is 1. The Morgan fingerprint density at radius 2 is 1.67 bits per heavy atom. The number of nitrogens with zero attached hydrogens (tertiary/aromatic N) is 1. The van der Waals surface area contributed by atoms with Crippen molar-refractivity contribution in [2.75, 3.05) is 17.8 Å². The van der Waals surface area contributed by atoms with Crippen LogP contribution < -0.4 is 4.72 Å². The maximum absolute atomic E-state index is 12.9. The summed E-state index contributed by atoms with van der Waals surface area (Å²) in [5.41, 5.74) is 1.83. The molecule has 5 nitrogen and oxygen atoms in total. The van der Waals surface area contributed by atoms with Crippen molar-refractivity contribution < 1.29 is 13.2 Å². The van der Waals surface area contributed by atoms with Crippen LogP contribution in [0.5, 0.6) is 0 Å². The molecular weight excluding hydrogens is 360 g/mol. The molecule has 0 bridgehead atoms. The fourth-order valence-corrected chi connectivity index (χ4v) is 4.43. The lowest BCUT2D eigenvalue weighted by Gasteiger charge is -2.27. The molecular formula is C21H26N2O3S. The van der Waals surface area contributed by atoms with Gasteiger partial charge in [-0.25, -0.2) is 8.42 Å². The van der Waals surface area contributed by atoms with Crippen molar-refractivity contribution in [2.45, 2.75) is 43.9 Å². The minimum atomic E-state index is -3.75. The minimum Gasteiger partial charge on any atom is -0.339 e. The molecule has 1 amide bonds. The van der Waals surface area contributed by atoms with Crippen molar-refractivity contribution >= 4 is 21.6 Å². The van der Waals surface area contributed by atoms with Crippen LogP contribution >= 0.6 is 0 Å². The van der Waals surface area contributed by atoms with Crippen LogP contribution in [0.25, 0.3) is 0 Å². The summed E-state index contributed by atoms with van der Waals surface area (Å²) in [5, 5.41) is 0. The maximum atomic E-state index is 12.9. The Kier molecular flexibility index (Phi) is 6.16. The van der Waals surface area contributed by atoms with Crippen LogP contribution in [0.3, 0.4) is 0 Å². The van der Waals surface area contributed by atoms with Crippen molar-refractivity contribution in [1.29, 1.82) is 0 Å². The first kappa shape index (κ1) is 19.4. The number of piperidine rings is 1. The number of rotatable bonds is 6. The highest BCUT2D eigenvalue weighted by Crippen LogP contribution is 2.23. The number of carbonyl (C=O) groups is 1. The van der Waals surface area contributed by atoms with E-state index in [1.165, 1.54) is 0 Å². The third-order valence-electron chi connectivity index (χ3n) is 4.82. The summed E-state index contributed by atoms with van der Waals surface area (Å²) in [6.07, 6.45) is 5.04. The van der Waals surface area contributed by atoms with Gasteiger partial charge < -0.3 is 4.90 Å². The fourth-order valence-electron chi connectivity index (χ4n) is 3.35. The smallest absolute Gasteiger partial charge is 0.261 e. The van der Waals surface area contributed by atoms with Gasteiger partial charge in [0, 0.05) is 13.1 Å². The van der Waals surface area contributed by atoms with Crippen LogP contribution in [0.4, 0.5) is 5.69 Å². The summed E-state index contributed by atoms with van der Waals surface area (Å²) >= 11 is 0. The number of amides is 1. The van der Waals surface area contributed by atoms with Crippen LogP contribution in [0.1, 0.15) is 48.5 Å². The van der Waals surface area contributed by atoms with Gasteiger partial charge in [0.25, 0.3) is 15.9 Å². The van der Waals surface area contributed by atoms with Gasteiger partial charge in [-0.15, -0.1) is 0 Å². The van der Waals surface area contributed by atoms with Gasteiger partial charge in [-0.05, 0) is 55.5 Å². The van der Waals surface area contributed by atoms with Crippen LogP contribution in [-0.2, 0) is 16.4 Å². The number of para-hydroxylation sites is 1. The number of hydrogen-bond acceptors (Lipinski definition) is 3. The molecule has 0 spiro atoms. The fraction of sp³-hybridized carbons (Fsp3) is 0.381. The lowest BCUT2D eigenvalue weighted by molar-refractivity contribution is 0.0725. The van der Waals surface area contributed by atoms with E-state index in [0.717, 1.165) is 50.8 Å². The molecule has 144 valence electrons. The molecule has 0 atom stereocenters. The molecule has 1 aliphatic rings. The quantitative estimate of drug-likeness (QED) is 0.814. The van der Waals surface area contributed by atoms with E-state index < -0.39 is 10.0 Å². The number of hydrogen-bond donors (Lipinski definition) is 1. The van der Waals surface area contributed by atoms with E-state index in [-0.39, 0.29) is 10.8 Å². The Labute approximate surface area is 161 Å². The van der Waals surface area contributed by atoms with Gasteiger partial charge in [-0.2, -0.15) is 0 Å². The van der Waals surface area contributed by atoms with E-state index in [0.29, 0.717) is 11.3 Å². The van der Waals surface area contributed by atoms with Crippen LogP contribution in [0.15, 0.2) is 53.4 Å². The van der Waals surface area contributed by atoms with Crippen molar-refractivity contribution in [2.24, 2.45) is 0 Å². The van der Waals surface area contributed by atoms with Crippen LogP contribution in [0.2, 0.25) is 0 Å². The second-order valence-electron chi connectivity index (χ2n) is 6.90. The van der Waals surface area contributed by atoms with Crippen molar-refractivity contribution in [1.82, 2.24) is 4.90 Å². The average molecular weight is 387 g/mol. The number of likely N-dealkylation sites (tertiary alicyclic amines) is 1. The molecule has 0 aliphatic carbocycles. The maximum Gasteiger partial charge on any atom is 0.261 e. The number of benzene rings is 2. The van der Waals surface area contributed by atoms with E-state index in [1.807, 2.05) is 12.1 Å². The first-order valence-corrected chi connectivity index (χ1v) is 11.0. The molecule has 1 aliphatic heterocycles. The molecule has 27 heavy (non-hydrogen) atoms. The van der Waals surface area contributed by atoms with Gasteiger partial charge >= 0.3 is 0 Å². The highest BCUT2D eigenvalue weighted by molar-refractivity contribution is 7.92. The highest BCUT2D eigenvalue weighted by atomic mass is 32.2. The van der Waals surface area contributed by atoms with Crippen molar-refractivity contribution in [3.63, 3.8) is 0 Å². The summed E-state index contributed by atoms with van der Waals surface area (Å²) in [6.45, 7) is 3.53. The number of carbonyl (C=O) groups excluding carboxylic acids is 1. The SMILES string of the molecule is CCCc1ccc(S(=O)(=O)Nc2ccccc2C(=O)N2CCCCC2)cc1. The van der Waals surface area contributed by atoms with Crippen LogP contribution in [0, 0.1) is 0 Å². The minimum absolute atomic E-state index is 0.119. The molecule has 1 fully saturated rings. The summed E-state index contributed by atoms with van der Waals surface area (Å²) < 4.78 is 28.2. The zero-order valence-corrected chi connectivity index (χ0v) is 16.5. The van der Waals surface area contributed by atoms with E-state index in [9.17, 15) is 13.2 Å². The molecule has 6 heteroatoms. The van der Waals surface area contributed by atoms with E-state index in [1.54, 1.807) is 41.3 Å². The van der Waals surface area contributed by atoms with Crippen LogP contribution in [-0.4, -0.2) is 32.3 Å². The number of aryl methyl sites for hydroxylation is 1. The van der Waals surface area contributed by atoms with Gasteiger partial charge in [0.2, 0.25) is 0 Å². The molecule has 0 unspecified atom stereocenters. The molecule has 1 heterocycles. The Bertz CT molecular complexity index is 886. The Balaban J connectivity index is 1.83. The van der Waals surface area contributed by atoms with Crippen molar-refractivity contribution in [3.05, 3.63) is 59.7 Å². The summed E-state index contributed by atoms with van der Waals surface area (Å²) in [6, 6.07) is 13.7. The lowest BCUT2D eigenvalue weighted by Crippen LogP contribution is -2.36. The first-order chi connectivity index (χ1) is 13.0. The molecule has 0 saturated carbocycles. The van der Waals surface area contributed by atoms with Crippen molar-refractivity contribution in [3.8, 4) is 0 Å². The lowest BCUT2D eigenvalue weighted by atomic mass is 10.1. The van der Waals surface area contributed by atoms with Gasteiger partial charge in [0.15, 0.2) is 0 Å². The molecule has 0 radical (unpaired) electrons. The Morgan fingerprint density at radius 3 is 2.33 bits per heavy atom. The Hall–Kier alpha value is -2.34. The standard InChI is InChI=1S/C21H26N2O3S/c1-2-8-17-11-13-18(14-12-17)27(25,26)22-20-10-5-4-9-19(20)21(24)23-15-6-3-7-16-23/h4-5,9-14,22H,2-3,6-8,15-16H2,1H3. The van der Waals surface area contributed by atoms with Gasteiger partial charge in [0.05, 0.1) is 16.1 Å². The Morgan fingerprint density at radius 1 is 1.00 bits per heavy atom. The first-order valence-electron chi connectivity index (χ1n) is 9.51. The normalized spacial score (nSPS) is 14.8. The molecule has 1 saturated heterocycles. The molecule has 2 aromatic rings. The topological polar surface area (TPSA) is 66.5 Å². The second kappa shape index (κ2) is 8.57. The van der Waals surface area contributed by atoms with Gasteiger partial charge in [-0.3, -0.25) is 9.52 Å². The monoisotopic (exact) mass is 386 g/mol. The average Bonchev–Trinajstić information content (AvgIpc) is 2.69. The van der Waals surface area contributed by atoms with E-state index in [4.69, 9.17) is 0 Å². The van der Waals surface area contributed by atoms with Gasteiger partial charge in [0.1, 0.15) is 0 Å². The summed E-state index contributed by atoms with van der Waals surface area (Å²) in [4.78, 5) is 14.8. The second-order valence-corrected chi connectivity index (χ2v) is 8.58. The predicted molar refractivity (Wildman–Crippen MR) is 107 cm³/mol. The largest absolute Gasteiger partial charge is 0.339 e. The van der Waals surface area contributed by atoms with Gasteiger partial charge in [-0.1, -0.05) is 37.6 Å². The molecule has 1 N–H and O–H groups in total. The number of nitrogens with one attached hydrogen (secondary N) is 1. The molecule has 2 aromatic carbocycles.